The molecule has 0 saturated carbocycles. The van der Waals surface area contributed by atoms with Gasteiger partial charge >= 0.3 is 0 Å². The Balaban J connectivity index is 1.37. The van der Waals surface area contributed by atoms with Gasteiger partial charge in [0.25, 0.3) is 5.91 Å². The summed E-state index contributed by atoms with van der Waals surface area (Å²) in [6, 6.07) is 31.1. The first kappa shape index (κ1) is 23.4. The molecule has 0 aromatic heterocycles. The minimum Gasteiger partial charge on any atom is -0.496 e. The van der Waals surface area contributed by atoms with Gasteiger partial charge in [0, 0.05) is 29.5 Å². The van der Waals surface area contributed by atoms with E-state index in [1.807, 2.05) is 71.6 Å². The molecule has 180 valence electrons. The summed E-state index contributed by atoms with van der Waals surface area (Å²) in [5.74, 6) is 0.574. The van der Waals surface area contributed by atoms with Crippen molar-refractivity contribution in [3.63, 3.8) is 0 Å². The highest BCUT2D eigenvalue weighted by molar-refractivity contribution is 6.07. The molecule has 1 heterocycles. The average molecular weight is 477 g/mol. The molecule has 0 spiro atoms. The normalized spacial score (nSPS) is 12.2. The van der Waals surface area contributed by atoms with Crippen LogP contribution in [0, 0.1) is 0 Å². The lowest BCUT2D eigenvalue weighted by molar-refractivity contribution is -0.117. The van der Waals surface area contributed by atoms with Crippen molar-refractivity contribution in [3.05, 3.63) is 125 Å². The maximum absolute atomic E-state index is 13.7. The third-order valence-corrected chi connectivity index (χ3v) is 6.77. The molecule has 4 aromatic rings. The van der Waals surface area contributed by atoms with E-state index < -0.39 is 0 Å². The number of hydrogen-bond acceptors (Lipinski definition) is 3. The van der Waals surface area contributed by atoms with E-state index in [-0.39, 0.29) is 18.2 Å². The molecule has 0 saturated heterocycles. The first-order valence-electron chi connectivity index (χ1n) is 12.0. The Morgan fingerprint density at radius 3 is 2.19 bits per heavy atom. The predicted octanol–water partition coefficient (Wildman–Crippen LogP) is 5.65. The van der Waals surface area contributed by atoms with Gasteiger partial charge in [-0.25, -0.2) is 0 Å². The number of methoxy groups -OCH3 is 1. The molecule has 1 aliphatic rings. The third-order valence-electron chi connectivity index (χ3n) is 6.77. The number of hydrogen-bond donors (Lipinski definition) is 0. The lowest BCUT2D eigenvalue weighted by Gasteiger charge is -2.24. The van der Waals surface area contributed by atoms with Crippen molar-refractivity contribution in [2.45, 2.75) is 19.4 Å². The molecule has 0 N–H and O–H groups in total. The summed E-state index contributed by atoms with van der Waals surface area (Å²) >= 11 is 0. The summed E-state index contributed by atoms with van der Waals surface area (Å²) in [5, 5.41) is 0. The minimum absolute atomic E-state index is 0.0587. The molecule has 2 amide bonds. The molecule has 0 unspecified atom stereocenters. The SMILES string of the molecule is COc1ccccc1CC(=O)N(C)c1ccc(C(=O)N2Cc3ccccc3Cc3ccccc32)cc1. The standard InChI is InChI=1S/C31H28N2O3/c1-32(30(34)20-25-11-6-8-14-29(25)36-2)27-17-15-22(16-18-27)31(35)33-21-26-12-4-3-9-23(26)19-24-10-5-7-13-28(24)33/h3-18H,19-21H2,1-2H3. The Morgan fingerprint density at radius 2 is 1.44 bits per heavy atom. The predicted molar refractivity (Wildman–Crippen MR) is 143 cm³/mol. The van der Waals surface area contributed by atoms with Gasteiger partial charge in [-0.2, -0.15) is 0 Å². The van der Waals surface area contributed by atoms with Gasteiger partial charge in [0.1, 0.15) is 5.75 Å². The van der Waals surface area contributed by atoms with E-state index in [0.717, 1.165) is 34.5 Å². The van der Waals surface area contributed by atoms with Gasteiger partial charge in [0.05, 0.1) is 20.1 Å². The smallest absolute Gasteiger partial charge is 0.258 e. The fraction of sp³-hybridized carbons (Fsp3) is 0.161. The van der Waals surface area contributed by atoms with Crippen molar-refractivity contribution in [2.75, 3.05) is 24.0 Å². The largest absolute Gasteiger partial charge is 0.496 e. The van der Waals surface area contributed by atoms with Gasteiger partial charge in [-0.1, -0.05) is 60.7 Å². The van der Waals surface area contributed by atoms with Crippen molar-refractivity contribution in [1.29, 1.82) is 0 Å². The van der Waals surface area contributed by atoms with E-state index in [2.05, 4.69) is 18.2 Å². The van der Waals surface area contributed by atoms with Crippen molar-refractivity contribution >= 4 is 23.2 Å². The number of fused-ring (bicyclic) bond motifs is 2. The van der Waals surface area contributed by atoms with E-state index in [9.17, 15) is 9.59 Å². The molecule has 0 fully saturated rings. The summed E-state index contributed by atoms with van der Waals surface area (Å²) in [6.45, 7) is 0.519. The van der Waals surface area contributed by atoms with Gasteiger partial charge in [-0.05, 0) is 59.5 Å². The Morgan fingerprint density at radius 1 is 0.806 bits per heavy atom. The summed E-state index contributed by atoms with van der Waals surface area (Å²) < 4.78 is 5.37. The average Bonchev–Trinajstić information content (AvgIpc) is 3.09. The third kappa shape index (κ3) is 4.60. The van der Waals surface area contributed by atoms with E-state index in [1.165, 1.54) is 5.56 Å². The summed E-state index contributed by atoms with van der Waals surface area (Å²) in [5.41, 5.74) is 6.61. The number of para-hydroxylation sites is 2. The molecular weight excluding hydrogens is 448 g/mol. The summed E-state index contributed by atoms with van der Waals surface area (Å²) in [7, 11) is 3.35. The molecule has 1 aliphatic heterocycles. The van der Waals surface area contributed by atoms with Crippen LogP contribution < -0.4 is 14.5 Å². The van der Waals surface area contributed by atoms with Gasteiger partial charge in [0.15, 0.2) is 0 Å². The molecule has 36 heavy (non-hydrogen) atoms. The maximum atomic E-state index is 13.7. The first-order chi connectivity index (χ1) is 17.5. The van der Waals surface area contributed by atoms with E-state index in [0.29, 0.717) is 17.9 Å². The van der Waals surface area contributed by atoms with Crippen molar-refractivity contribution in [2.24, 2.45) is 0 Å². The number of carbonyl (C=O) groups excluding carboxylic acids is 2. The molecule has 4 aromatic carbocycles. The number of ether oxygens (including phenoxy) is 1. The summed E-state index contributed by atoms with van der Waals surface area (Å²) in [4.78, 5) is 30.1. The molecular formula is C31H28N2O3. The van der Waals surface area contributed by atoms with Crippen molar-refractivity contribution in [3.8, 4) is 5.75 Å². The molecule has 0 aliphatic carbocycles. The number of benzene rings is 4. The number of carbonyl (C=O) groups is 2. The van der Waals surface area contributed by atoms with Crippen molar-refractivity contribution < 1.29 is 14.3 Å². The zero-order valence-corrected chi connectivity index (χ0v) is 20.5. The minimum atomic E-state index is -0.0614. The molecule has 0 bridgehead atoms. The van der Waals surface area contributed by atoms with Crippen molar-refractivity contribution in [1.82, 2.24) is 0 Å². The number of anilines is 2. The quantitative estimate of drug-likeness (QED) is 0.374. The lowest BCUT2D eigenvalue weighted by atomic mass is 10.0. The van der Waals surface area contributed by atoms with Crippen LogP contribution in [-0.4, -0.2) is 26.0 Å². The topological polar surface area (TPSA) is 49.9 Å². The van der Waals surface area contributed by atoms with Crippen LogP contribution in [0.4, 0.5) is 11.4 Å². The van der Waals surface area contributed by atoms with Crippen LogP contribution in [0.1, 0.15) is 32.6 Å². The van der Waals surface area contributed by atoms with Gasteiger partial charge in [0.2, 0.25) is 5.91 Å². The van der Waals surface area contributed by atoms with Crippen LogP contribution in [0.2, 0.25) is 0 Å². The molecule has 5 rings (SSSR count). The Kier molecular flexibility index (Phi) is 6.54. The fourth-order valence-corrected chi connectivity index (χ4v) is 4.71. The zero-order valence-electron chi connectivity index (χ0n) is 20.5. The summed E-state index contributed by atoms with van der Waals surface area (Å²) in [6.07, 6.45) is 1.03. The van der Waals surface area contributed by atoms with E-state index >= 15 is 0 Å². The number of likely N-dealkylation sites (N-methyl/N-ethyl adjacent to an activating group) is 1. The van der Waals surface area contributed by atoms with Crippen LogP contribution in [0.15, 0.2) is 97.1 Å². The monoisotopic (exact) mass is 476 g/mol. The lowest BCUT2D eigenvalue weighted by Crippen LogP contribution is -2.31. The van der Waals surface area contributed by atoms with Crippen LogP contribution >= 0.6 is 0 Å². The Labute approximate surface area is 211 Å². The Hall–Kier alpha value is -4.38. The fourth-order valence-electron chi connectivity index (χ4n) is 4.71. The van der Waals surface area contributed by atoms with Crippen LogP contribution in [0.25, 0.3) is 0 Å². The number of nitrogens with zero attached hydrogens (tertiary/aromatic N) is 2. The number of rotatable bonds is 5. The van der Waals surface area contributed by atoms with Gasteiger partial charge in [-0.15, -0.1) is 0 Å². The highest BCUT2D eigenvalue weighted by atomic mass is 16.5. The first-order valence-corrected chi connectivity index (χ1v) is 12.0. The highest BCUT2D eigenvalue weighted by Gasteiger charge is 2.25. The van der Waals surface area contributed by atoms with Gasteiger partial charge < -0.3 is 14.5 Å². The van der Waals surface area contributed by atoms with Crippen LogP contribution in [0.3, 0.4) is 0 Å². The molecule has 5 nitrogen and oxygen atoms in total. The zero-order chi connectivity index (χ0) is 25.1. The molecule has 0 atom stereocenters. The second-order valence-corrected chi connectivity index (χ2v) is 8.95. The molecule has 0 radical (unpaired) electrons. The van der Waals surface area contributed by atoms with Crippen LogP contribution in [-0.2, 0) is 24.2 Å². The van der Waals surface area contributed by atoms with E-state index in [4.69, 9.17) is 4.74 Å². The highest BCUT2D eigenvalue weighted by Crippen LogP contribution is 2.32. The Bertz CT molecular complexity index is 1410. The van der Waals surface area contributed by atoms with E-state index in [1.54, 1.807) is 31.2 Å². The van der Waals surface area contributed by atoms with Gasteiger partial charge in [-0.3, -0.25) is 9.59 Å². The molecule has 5 heteroatoms. The second-order valence-electron chi connectivity index (χ2n) is 8.95. The maximum Gasteiger partial charge on any atom is 0.258 e. The second kappa shape index (κ2) is 10.1. The number of amides is 2. The van der Waals surface area contributed by atoms with Crippen LogP contribution in [0.5, 0.6) is 5.75 Å².